The average molecular weight is 564 g/mol. The van der Waals surface area contributed by atoms with Crippen molar-refractivity contribution in [2.75, 3.05) is 26.1 Å². The maximum Gasteiger partial charge on any atom is 0.245 e. The lowest BCUT2D eigenvalue weighted by atomic mass is 9.84. The summed E-state index contributed by atoms with van der Waals surface area (Å²) in [5, 5.41) is 3.32. The summed E-state index contributed by atoms with van der Waals surface area (Å²) in [6, 6.07) is 6.26. The van der Waals surface area contributed by atoms with Crippen molar-refractivity contribution < 1.29 is 13.6 Å². The zero-order valence-corrected chi connectivity index (χ0v) is 23.6. The van der Waals surface area contributed by atoms with Gasteiger partial charge in [-0.1, -0.05) is 24.8 Å². The molecule has 1 amide bonds. The molecule has 1 fully saturated rings. The molecule has 208 valence electrons. The third-order valence-corrected chi connectivity index (χ3v) is 8.07. The highest BCUT2D eigenvalue weighted by atomic mass is 32.2. The van der Waals surface area contributed by atoms with Gasteiger partial charge in [0.25, 0.3) is 0 Å². The fourth-order valence-corrected chi connectivity index (χ4v) is 5.99. The zero-order chi connectivity index (χ0) is 29.1. The highest BCUT2D eigenvalue weighted by molar-refractivity contribution is 8.15. The number of nitrogens with one attached hydrogen (secondary N) is 1. The molecule has 3 aromatic rings. The maximum atomic E-state index is 15.3. The van der Waals surface area contributed by atoms with Crippen molar-refractivity contribution >= 4 is 45.4 Å². The number of hydrogen-bond donors (Lipinski definition) is 2. The number of nitrogens with two attached hydrogens (primary N) is 1. The lowest BCUT2D eigenvalue weighted by molar-refractivity contribution is -0.123. The summed E-state index contributed by atoms with van der Waals surface area (Å²) >= 11 is 1.28. The number of carbonyl (C=O) groups is 1. The fourth-order valence-electron chi connectivity index (χ4n) is 4.67. The number of anilines is 2. The van der Waals surface area contributed by atoms with Crippen molar-refractivity contribution in [3.63, 3.8) is 0 Å². The van der Waals surface area contributed by atoms with Crippen LogP contribution in [-0.4, -0.2) is 56.4 Å². The van der Waals surface area contributed by atoms with E-state index in [4.69, 9.17) is 12.2 Å². The number of benzene rings is 1. The minimum Gasteiger partial charge on any atom is -0.378 e. The molecule has 0 spiro atoms. The number of nitrogens with zero attached hydrogens (tertiary/aromatic N) is 5. The maximum absolute atomic E-state index is 15.3. The average Bonchev–Trinajstić information content (AvgIpc) is 3.67. The highest BCUT2D eigenvalue weighted by Gasteiger charge is 2.67. The van der Waals surface area contributed by atoms with E-state index in [0.29, 0.717) is 29.0 Å². The molecule has 40 heavy (non-hydrogen) atoms. The first kappa shape index (κ1) is 29.0. The Balaban J connectivity index is 0.000000867. The van der Waals surface area contributed by atoms with Gasteiger partial charge in [-0.15, -0.1) is 12.3 Å². The third kappa shape index (κ3) is 5.63. The van der Waals surface area contributed by atoms with Crippen LogP contribution in [0.1, 0.15) is 30.9 Å². The summed E-state index contributed by atoms with van der Waals surface area (Å²) in [5.41, 5.74) is 7.40. The second-order valence-electron chi connectivity index (χ2n) is 9.87. The first-order valence-corrected chi connectivity index (χ1v) is 13.5. The second kappa shape index (κ2) is 11.6. The number of rotatable bonds is 6. The Kier molecular flexibility index (Phi) is 8.40. The number of amides is 1. The molecule has 0 radical (unpaired) electrons. The van der Waals surface area contributed by atoms with Crippen LogP contribution in [0.5, 0.6) is 0 Å². The number of likely N-dealkylation sites (N-methyl/N-ethyl adjacent to an activating group) is 1. The number of amidine groups is 1. The number of terminal acetylenes is 1. The van der Waals surface area contributed by atoms with Crippen LogP contribution in [0.25, 0.3) is 11.0 Å². The molecule has 1 aromatic carbocycles. The topological polar surface area (TPSA) is 109 Å². The van der Waals surface area contributed by atoms with Gasteiger partial charge in [0.15, 0.2) is 11.0 Å². The van der Waals surface area contributed by atoms with Gasteiger partial charge in [0.2, 0.25) is 5.91 Å². The van der Waals surface area contributed by atoms with Crippen molar-refractivity contribution in [1.82, 2.24) is 19.9 Å². The first-order valence-electron chi connectivity index (χ1n) is 12.7. The molecule has 1 unspecified atom stereocenters. The molecule has 2 aromatic heterocycles. The number of aliphatic imine (C=N–C) groups is 1. The summed E-state index contributed by atoms with van der Waals surface area (Å²) in [4.78, 5) is 31.0. The van der Waals surface area contributed by atoms with E-state index in [2.05, 4.69) is 31.2 Å². The van der Waals surface area contributed by atoms with E-state index in [0.717, 1.165) is 12.0 Å². The van der Waals surface area contributed by atoms with Crippen LogP contribution < -0.4 is 11.1 Å². The molecule has 2 aliphatic rings. The molecular weight excluding hydrogens is 532 g/mol. The van der Waals surface area contributed by atoms with Crippen LogP contribution in [0, 0.1) is 31.0 Å². The second-order valence-corrected chi connectivity index (χ2v) is 11.3. The minimum absolute atomic E-state index is 0.0969. The quantitative estimate of drug-likeness (QED) is 0.325. The monoisotopic (exact) mass is 563 g/mol. The number of aromatic nitrogens is 3. The molecule has 1 saturated carbocycles. The minimum atomic E-state index is -1.51. The van der Waals surface area contributed by atoms with Crippen LogP contribution in [0.2, 0.25) is 0 Å². The lowest BCUT2D eigenvalue weighted by Crippen LogP contribution is -2.39. The first-order chi connectivity index (χ1) is 19.1. The predicted molar refractivity (Wildman–Crippen MR) is 156 cm³/mol. The smallest absolute Gasteiger partial charge is 0.245 e. The van der Waals surface area contributed by atoms with Gasteiger partial charge in [0.05, 0.1) is 5.52 Å². The van der Waals surface area contributed by atoms with Crippen molar-refractivity contribution in [1.29, 1.82) is 0 Å². The van der Waals surface area contributed by atoms with Crippen LogP contribution in [-0.2, 0) is 10.3 Å². The number of fused-ring (bicyclic) bond motifs is 2. The van der Waals surface area contributed by atoms with Crippen LogP contribution in [0.3, 0.4) is 0 Å². The molecule has 3 heterocycles. The Morgan fingerprint density at radius 3 is 2.75 bits per heavy atom. The van der Waals surface area contributed by atoms with E-state index >= 15 is 4.39 Å². The van der Waals surface area contributed by atoms with E-state index in [1.165, 1.54) is 35.1 Å². The molecule has 5 rings (SSSR count). The largest absolute Gasteiger partial charge is 0.378 e. The molecule has 1 aliphatic heterocycles. The lowest BCUT2D eigenvalue weighted by Gasteiger charge is -2.34. The van der Waals surface area contributed by atoms with Gasteiger partial charge in [-0.3, -0.25) is 9.78 Å². The summed E-state index contributed by atoms with van der Waals surface area (Å²) in [5.74, 6) is 1.73. The summed E-state index contributed by atoms with van der Waals surface area (Å²) < 4.78 is 29.5. The molecule has 11 heteroatoms. The molecule has 0 saturated heterocycles. The predicted octanol–water partition coefficient (Wildman–Crippen LogP) is 4.87. The van der Waals surface area contributed by atoms with E-state index < -0.39 is 22.8 Å². The number of carbonyl (C=O) groups excluding carboxylic acids is 1. The number of thioether (sulfide) groups is 1. The number of aryl methyl sites for hydroxylation is 1. The van der Waals surface area contributed by atoms with Crippen molar-refractivity contribution in [2.45, 2.75) is 37.0 Å². The van der Waals surface area contributed by atoms with Gasteiger partial charge in [-0.25, -0.2) is 23.7 Å². The third-order valence-electron chi connectivity index (χ3n) is 6.80. The van der Waals surface area contributed by atoms with Gasteiger partial charge in [0, 0.05) is 54.7 Å². The molecule has 3 N–H and O–H groups in total. The van der Waals surface area contributed by atoms with Gasteiger partial charge in [0.1, 0.15) is 29.9 Å². The van der Waals surface area contributed by atoms with Gasteiger partial charge in [-0.05, 0) is 43.2 Å². The van der Waals surface area contributed by atoms with Gasteiger partial charge >= 0.3 is 0 Å². The fraction of sp³-hybridized carbons (Fsp3) is 0.345. The molecular formula is C29H31F2N7OS. The van der Waals surface area contributed by atoms with Gasteiger partial charge < -0.3 is 16.0 Å². The molecule has 8 nitrogen and oxygen atoms in total. The van der Waals surface area contributed by atoms with E-state index in [1.54, 1.807) is 38.5 Å². The van der Waals surface area contributed by atoms with E-state index in [1.807, 2.05) is 19.9 Å². The molecule has 3 atom stereocenters. The Labute approximate surface area is 236 Å². The highest BCUT2D eigenvalue weighted by Crippen LogP contribution is 2.67. The van der Waals surface area contributed by atoms with E-state index in [9.17, 15) is 9.18 Å². The van der Waals surface area contributed by atoms with Crippen LogP contribution >= 0.6 is 11.8 Å². The normalized spacial score (nSPS) is 22.9. The molecule has 0 bridgehead atoms. The zero-order valence-electron chi connectivity index (χ0n) is 22.8. The number of halogens is 2. The van der Waals surface area contributed by atoms with Crippen molar-refractivity contribution in [3.05, 3.63) is 65.9 Å². The summed E-state index contributed by atoms with van der Waals surface area (Å²) in [7, 11) is 3.30. The molecule has 1 aliphatic carbocycles. The number of alkyl halides is 1. The SMILES string of the molecule is C#CCC.Cc1cnc2c(Nc3ccc(F)c([C@@]4(CF)N=C(N)S[C@@]5(/C=C/C(=O)N(C)C)CC54)c3)ncnc2c1. The Morgan fingerprint density at radius 2 is 2.08 bits per heavy atom. The van der Waals surface area contributed by atoms with Crippen LogP contribution in [0.4, 0.5) is 20.3 Å². The Bertz CT molecular complexity index is 1540. The van der Waals surface area contributed by atoms with Crippen molar-refractivity contribution in [3.8, 4) is 12.3 Å². The van der Waals surface area contributed by atoms with Gasteiger partial charge in [-0.2, -0.15) is 0 Å². The number of hydrogen-bond acceptors (Lipinski definition) is 8. The Hall–Kier alpha value is -4.04. The van der Waals surface area contributed by atoms with Crippen LogP contribution in [0.15, 0.2) is 53.9 Å². The standard InChI is InChI=1S/C25H25F2N7OS.C4H6/c1-14-8-18-21(29-11-14)22(31-13-30-18)32-15-4-5-17(27)16(9-15)25(12-26)19-10-24(19,36-23(28)33-25)7-6-20(35)34(2)3;1-3-4-2/h4-9,11,13,19H,10,12H2,1-3H3,(H2,28,33)(H,30,31,32);1H,4H2,2H3/b7-6+;/t19?,24-,25+;/m0./s1. The Morgan fingerprint density at radius 1 is 1.32 bits per heavy atom. The van der Waals surface area contributed by atoms with Crippen molar-refractivity contribution in [2.24, 2.45) is 16.6 Å². The summed E-state index contributed by atoms with van der Waals surface area (Å²) in [6.45, 7) is 2.93. The number of pyridine rings is 1. The van der Waals surface area contributed by atoms with E-state index in [-0.39, 0.29) is 22.6 Å². The summed E-state index contributed by atoms with van der Waals surface area (Å²) in [6.07, 6.45) is 12.5.